The van der Waals surface area contributed by atoms with Crippen molar-refractivity contribution in [3.63, 3.8) is 0 Å². The molecule has 2 aromatic carbocycles. The third-order valence-corrected chi connectivity index (χ3v) is 5.37. The van der Waals surface area contributed by atoms with Gasteiger partial charge in [-0.2, -0.15) is 0 Å². The Morgan fingerprint density at radius 3 is 2.37 bits per heavy atom. The molecule has 0 aromatic heterocycles. The number of carbonyl (C=O) groups is 2. The minimum Gasteiger partial charge on any atom is -0.397 e. The summed E-state index contributed by atoms with van der Waals surface area (Å²) in [5, 5.41) is 3.03. The van der Waals surface area contributed by atoms with Gasteiger partial charge in [0.15, 0.2) is 0 Å². The summed E-state index contributed by atoms with van der Waals surface area (Å²) in [5.41, 5.74) is 9.85. The highest BCUT2D eigenvalue weighted by atomic mass is 16.2. The lowest BCUT2D eigenvalue weighted by molar-refractivity contribution is -0.130. The average Bonchev–Trinajstić information content (AvgIpc) is 2.77. The summed E-state index contributed by atoms with van der Waals surface area (Å²) in [7, 11) is 1.78. The predicted molar refractivity (Wildman–Crippen MR) is 125 cm³/mol. The Morgan fingerprint density at radius 1 is 1.03 bits per heavy atom. The van der Waals surface area contributed by atoms with E-state index in [4.69, 9.17) is 5.73 Å². The summed E-state index contributed by atoms with van der Waals surface area (Å²) in [6.07, 6.45) is 1.85. The van der Waals surface area contributed by atoms with Gasteiger partial charge in [-0.25, -0.2) is 0 Å². The van der Waals surface area contributed by atoms with Crippen molar-refractivity contribution in [3.8, 4) is 0 Å². The molecule has 0 heterocycles. The molecule has 0 aliphatic heterocycles. The smallest absolute Gasteiger partial charge is 0.258 e. The molecule has 30 heavy (non-hydrogen) atoms. The second-order valence-electron chi connectivity index (χ2n) is 7.16. The molecule has 2 rings (SSSR count). The van der Waals surface area contributed by atoms with Crippen LogP contribution in [0.4, 0.5) is 17.1 Å². The van der Waals surface area contributed by atoms with Crippen molar-refractivity contribution < 1.29 is 9.59 Å². The fourth-order valence-electron chi connectivity index (χ4n) is 3.59. The molecule has 6 nitrogen and oxygen atoms in total. The van der Waals surface area contributed by atoms with Gasteiger partial charge in [-0.15, -0.1) is 0 Å². The van der Waals surface area contributed by atoms with Crippen molar-refractivity contribution in [2.75, 3.05) is 42.6 Å². The van der Waals surface area contributed by atoms with Crippen LogP contribution in [0.25, 0.3) is 0 Å². The number of nitrogens with one attached hydrogen (secondary N) is 1. The molecule has 0 radical (unpaired) electrons. The molecular formula is C24H34N4O2. The Morgan fingerprint density at radius 2 is 1.73 bits per heavy atom. The molecule has 0 atom stereocenters. The summed E-state index contributed by atoms with van der Waals surface area (Å²) in [6.45, 7) is 7.92. The van der Waals surface area contributed by atoms with Crippen LogP contribution in [-0.2, 0) is 11.2 Å². The van der Waals surface area contributed by atoms with E-state index in [1.54, 1.807) is 30.1 Å². The zero-order chi connectivity index (χ0) is 22.1. The maximum atomic E-state index is 13.5. The first-order valence-electron chi connectivity index (χ1n) is 10.7. The van der Waals surface area contributed by atoms with E-state index in [0.29, 0.717) is 43.7 Å². The summed E-state index contributed by atoms with van der Waals surface area (Å²) in [4.78, 5) is 29.5. The minimum atomic E-state index is -0.0947. The van der Waals surface area contributed by atoms with Crippen molar-refractivity contribution in [2.24, 2.45) is 0 Å². The summed E-state index contributed by atoms with van der Waals surface area (Å²) in [6, 6.07) is 13.2. The third-order valence-electron chi connectivity index (χ3n) is 5.37. The molecule has 2 aromatic rings. The number of para-hydroxylation sites is 1. The Kier molecular flexibility index (Phi) is 8.71. The number of carbonyl (C=O) groups excluding carboxylic acids is 2. The number of benzene rings is 2. The van der Waals surface area contributed by atoms with Crippen LogP contribution in [-0.4, -0.2) is 43.4 Å². The Bertz CT molecular complexity index is 862. The van der Waals surface area contributed by atoms with Gasteiger partial charge >= 0.3 is 0 Å². The van der Waals surface area contributed by atoms with Crippen molar-refractivity contribution in [1.82, 2.24) is 4.90 Å². The van der Waals surface area contributed by atoms with Gasteiger partial charge in [-0.3, -0.25) is 9.59 Å². The van der Waals surface area contributed by atoms with Crippen molar-refractivity contribution in [3.05, 3.63) is 53.6 Å². The maximum Gasteiger partial charge on any atom is 0.258 e. The van der Waals surface area contributed by atoms with E-state index in [-0.39, 0.29) is 11.8 Å². The van der Waals surface area contributed by atoms with Gasteiger partial charge in [0, 0.05) is 44.4 Å². The van der Waals surface area contributed by atoms with E-state index in [2.05, 4.69) is 12.2 Å². The second-order valence-corrected chi connectivity index (χ2v) is 7.16. The molecule has 2 amide bonds. The molecule has 0 fully saturated rings. The van der Waals surface area contributed by atoms with E-state index in [9.17, 15) is 9.59 Å². The quantitative estimate of drug-likeness (QED) is 0.576. The first-order chi connectivity index (χ1) is 14.5. The van der Waals surface area contributed by atoms with Gasteiger partial charge in [-0.05, 0) is 56.5 Å². The fraction of sp³-hybridized carbons (Fsp3) is 0.417. The standard InChI is InChI=1S/C24H34N4O2/c1-5-18-11-8-9-12-22(18)28(16-10-13-23(29)27(6-2)7-3)24(30)19-14-15-20(25)21(17-19)26-4/h8-9,11-12,14-15,17,26H,5-7,10,13,16,25H2,1-4H3. The number of nitrogens with zero attached hydrogens (tertiary/aromatic N) is 2. The summed E-state index contributed by atoms with van der Waals surface area (Å²) < 4.78 is 0. The lowest BCUT2D eigenvalue weighted by atomic mass is 10.1. The highest BCUT2D eigenvalue weighted by Crippen LogP contribution is 2.26. The lowest BCUT2D eigenvalue weighted by Gasteiger charge is -2.26. The number of hydrogen-bond donors (Lipinski definition) is 2. The second kappa shape index (κ2) is 11.2. The zero-order valence-corrected chi connectivity index (χ0v) is 18.6. The highest BCUT2D eigenvalue weighted by Gasteiger charge is 2.21. The fourth-order valence-corrected chi connectivity index (χ4v) is 3.59. The number of amides is 2. The number of aryl methyl sites for hydroxylation is 1. The number of rotatable bonds is 10. The zero-order valence-electron chi connectivity index (χ0n) is 18.6. The number of hydrogen-bond acceptors (Lipinski definition) is 4. The maximum absolute atomic E-state index is 13.5. The van der Waals surface area contributed by atoms with Gasteiger partial charge < -0.3 is 20.9 Å². The lowest BCUT2D eigenvalue weighted by Crippen LogP contribution is -2.35. The first-order valence-corrected chi connectivity index (χ1v) is 10.7. The Balaban J connectivity index is 2.30. The normalized spacial score (nSPS) is 10.5. The molecule has 0 unspecified atom stereocenters. The van der Waals surface area contributed by atoms with E-state index in [0.717, 1.165) is 23.4 Å². The van der Waals surface area contributed by atoms with Crippen LogP contribution >= 0.6 is 0 Å². The number of nitrogens with two attached hydrogens (primary N) is 1. The molecular weight excluding hydrogens is 376 g/mol. The third kappa shape index (κ3) is 5.53. The largest absolute Gasteiger partial charge is 0.397 e. The van der Waals surface area contributed by atoms with Crippen LogP contribution in [0.1, 0.15) is 49.5 Å². The van der Waals surface area contributed by atoms with Crippen molar-refractivity contribution >= 4 is 28.9 Å². The first kappa shape index (κ1) is 23.3. The van der Waals surface area contributed by atoms with E-state index in [1.807, 2.05) is 43.0 Å². The van der Waals surface area contributed by atoms with Crippen LogP contribution < -0.4 is 16.0 Å². The highest BCUT2D eigenvalue weighted by molar-refractivity contribution is 6.07. The topological polar surface area (TPSA) is 78.7 Å². The van der Waals surface area contributed by atoms with Crippen molar-refractivity contribution in [2.45, 2.75) is 40.0 Å². The van der Waals surface area contributed by atoms with E-state index >= 15 is 0 Å². The minimum absolute atomic E-state index is 0.0947. The summed E-state index contributed by atoms with van der Waals surface area (Å²) in [5.74, 6) is 0.0313. The molecule has 162 valence electrons. The Labute approximate surface area is 180 Å². The van der Waals surface area contributed by atoms with Crippen LogP contribution in [0.15, 0.2) is 42.5 Å². The van der Waals surface area contributed by atoms with Gasteiger partial charge in [0.2, 0.25) is 5.91 Å². The SMILES string of the molecule is CCc1ccccc1N(CCCC(=O)N(CC)CC)C(=O)c1ccc(N)c(NC)c1. The number of anilines is 3. The van der Waals surface area contributed by atoms with Gasteiger partial charge in [-0.1, -0.05) is 25.1 Å². The molecule has 6 heteroatoms. The Hall–Kier alpha value is -3.02. The van der Waals surface area contributed by atoms with Gasteiger partial charge in [0.25, 0.3) is 5.91 Å². The van der Waals surface area contributed by atoms with Crippen LogP contribution in [0.3, 0.4) is 0 Å². The van der Waals surface area contributed by atoms with Crippen LogP contribution in [0.2, 0.25) is 0 Å². The average molecular weight is 411 g/mol. The number of nitrogen functional groups attached to an aromatic ring is 1. The van der Waals surface area contributed by atoms with Crippen molar-refractivity contribution in [1.29, 1.82) is 0 Å². The summed E-state index contributed by atoms with van der Waals surface area (Å²) >= 11 is 0. The van der Waals surface area contributed by atoms with E-state index in [1.165, 1.54) is 0 Å². The predicted octanol–water partition coefficient (Wildman–Crippen LogP) is 4.17. The van der Waals surface area contributed by atoms with Gasteiger partial charge in [0.05, 0.1) is 11.4 Å². The van der Waals surface area contributed by atoms with Crippen LogP contribution in [0, 0.1) is 0 Å². The molecule has 3 N–H and O–H groups in total. The molecule has 0 bridgehead atoms. The molecule has 0 saturated heterocycles. The molecule has 0 saturated carbocycles. The van der Waals surface area contributed by atoms with E-state index < -0.39 is 0 Å². The monoisotopic (exact) mass is 410 g/mol. The molecule has 0 spiro atoms. The molecule has 0 aliphatic rings. The van der Waals surface area contributed by atoms with Crippen LogP contribution in [0.5, 0.6) is 0 Å². The molecule has 0 aliphatic carbocycles. The van der Waals surface area contributed by atoms with Gasteiger partial charge in [0.1, 0.15) is 0 Å².